The fourth-order valence-corrected chi connectivity index (χ4v) is 4.24. The van der Waals surface area contributed by atoms with Crippen molar-refractivity contribution in [1.29, 1.82) is 0 Å². The zero-order valence-corrected chi connectivity index (χ0v) is 17.5. The topological polar surface area (TPSA) is 48.3 Å². The van der Waals surface area contributed by atoms with E-state index in [0.29, 0.717) is 5.58 Å². The van der Waals surface area contributed by atoms with Gasteiger partial charge in [-0.25, -0.2) is 4.79 Å². The molecule has 4 rings (SSSR count). The van der Waals surface area contributed by atoms with Gasteiger partial charge in [0.15, 0.2) is 0 Å². The van der Waals surface area contributed by atoms with Gasteiger partial charge in [0, 0.05) is 22.6 Å². The molecule has 1 aliphatic heterocycles. The molecule has 1 fully saturated rings. The molecule has 0 unspecified atom stereocenters. The summed E-state index contributed by atoms with van der Waals surface area (Å²) in [5.41, 5.74) is 5.30. The molecule has 0 bridgehead atoms. The van der Waals surface area contributed by atoms with E-state index in [2.05, 4.69) is 32.0 Å². The molecule has 0 saturated carbocycles. The van der Waals surface area contributed by atoms with Crippen LogP contribution in [0.15, 0.2) is 51.7 Å². The summed E-state index contributed by atoms with van der Waals surface area (Å²) in [6.45, 7) is 10.6. The molecule has 152 valence electrons. The van der Waals surface area contributed by atoms with Crippen LogP contribution in [0.3, 0.4) is 0 Å². The summed E-state index contributed by atoms with van der Waals surface area (Å²) < 4.78 is 10.7. The van der Waals surface area contributed by atoms with Gasteiger partial charge in [-0.05, 0) is 61.4 Å². The lowest BCUT2D eigenvalue weighted by Gasteiger charge is -2.30. The molecule has 3 aromatic rings. The molecule has 29 heavy (non-hydrogen) atoms. The third kappa shape index (κ3) is 4.52. The fourth-order valence-electron chi connectivity index (χ4n) is 4.24. The Morgan fingerprint density at radius 3 is 2.17 bits per heavy atom. The Labute approximate surface area is 171 Å². The molecule has 2 N–H and O–H groups in total. The van der Waals surface area contributed by atoms with Crippen LogP contribution in [0.1, 0.15) is 22.3 Å². The SMILES string of the molecule is COc1ccc(C[NH+]2CC[NH+](Cc3cc(=O)oc4cc(C)c(C)cc34)CC2)cc1. The van der Waals surface area contributed by atoms with Crippen molar-refractivity contribution in [3.05, 3.63) is 75.1 Å². The maximum atomic E-state index is 12.1. The van der Waals surface area contributed by atoms with E-state index in [9.17, 15) is 4.79 Å². The minimum Gasteiger partial charge on any atom is -0.497 e. The molecule has 0 atom stereocenters. The molecule has 1 aromatic heterocycles. The Hall–Kier alpha value is -2.63. The van der Waals surface area contributed by atoms with Gasteiger partial charge in [0.2, 0.25) is 0 Å². The number of piperazine rings is 1. The minimum absolute atomic E-state index is 0.251. The summed E-state index contributed by atoms with van der Waals surface area (Å²) in [7, 11) is 1.70. The highest BCUT2D eigenvalue weighted by Crippen LogP contribution is 2.21. The second-order valence-corrected chi connectivity index (χ2v) is 8.22. The average Bonchev–Trinajstić information content (AvgIpc) is 2.71. The molecule has 5 heteroatoms. The smallest absolute Gasteiger partial charge is 0.336 e. The van der Waals surface area contributed by atoms with E-state index >= 15 is 0 Å². The maximum Gasteiger partial charge on any atom is 0.336 e. The van der Waals surface area contributed by atoms with Crippen molar-refractivity contribution >= 4 is 11.0 Å². The van der Waals surface area contributed by atoms with E-state index in [1.807, 2.05) is 18.2 Å². The highest BCUT2D eigenvalue weighted by molar-refractivity contribution is 5.81. The highest BCUT2D eigenvalue weighted by Gasteiger charge is 2.24. The number of nitrogens with one attached hydrogen (secondary N) is 2. The standard InChI is InChI=1S/C24H28N2O3/c1-17-12-22-20(14-24(27)29-23(22)13-18(17)2)16-26-10-8-25(9-11-26)15-19-4-6-21(28-3)7-5-19/h4-7,12-14H,8-11,15-16H2,1-3H3/p+2. The van der Waals surface area contributed by atoms with Crippen molar-refractivity contribution in [2.45, 2.75) is 26.9 Å². The molecular formula is C24H30N2O3+2. The van der Waals surface area contributed by atoms with Crippen LogP contribution in [0.2, 0.25) is 0 Å². The molecule has 0 amide bonds. The Kier molecular flexibility index (Phi) is 5.69. The second kappa shape index (κ2) is 8.39. The van der Waals surface area contributed by atoms with Crippen LogP contribution in [0.25, 0.3) is 11.0 Å². The summed E-state index contributed by atoms with van der Waals surface area (Å²) in [4.78, 5) is 15.2. The first-order valence-electron chi connectivity index (χ1n) is 10.4. The summed E-state index contributed by atoms with van der Waals surface area (Å²) in [6.07, 6.45) is 0. The number of rotatable bonds is 5. The number of aryl methyl sites for hydroxylation is 2. The third-order valence-corrected chi connectivity index (χ3v) is 6.16. The lowest BCUT2D eigenvalue weighted by atomic mass is 10.0. The average molecular weight is 395 g/mol. The molecule has 1 aliphatic rings. The van der Waals surface area contributed by atoms with E-state index in [0.717, 1.165) is 61.5 Å². The lowest BCUT2D eigenvalue weighted by molar-refractivity contribution is -1.02. The van der Waals surface area contributed by atoms with Gasteiger partial charge in [-0.2, -0.15) is 0 Å². The Morgan fingerprint density at radius 2 is 1.52 bits per heavy atom. The molecule has 0 radical (unpaired) electrons. The van der Waals surface area contributed by atoms with Crippen LogP contribution >= 0.6 is 0 Å². The number of quaternary nitrogens is 2. The first kappa shape index (κ1) is 19.7. The Morgan fingerprint density at radius 1 is 0.897 bits per heavy atom. The van der Waals surface area contributed by atoms with Crippen LogP contribution < -0.4 is 20.2 Å². The number of methoxy groups -OCH3 is 1. The quantitative estimate of drug-likeness (QED) is 0.633. The van der Waals surface area contributed by atoms with Crippen molar-refractivity contribution in [2.75, 3.05) is 33.3 Å². The van der Waals surface area contributed by atoms with Gasteiger partial charge >= 0.3 is 5.63 Å². The Balaban J connectivity index is 1.42. The highest BCUT2D eigenvalue weighted by atomic mass is 16.5. The molecule has 1 saturated heterocycles. The van der Waals surface area contributed by atoms with Gasteiger partial charge in [0.1, 0.15) is 50.6 Å². The summed E-state index contributed by atoms with van der Waals surface area (Å²) in [5, 5.41) is 1.08. The maximum absolute atomic E-state index is 12.1. The Bertz CT molecular complexity index is 1050. The minimum atomic E-state index is -0.251. The van der Waals surface area contributed by atoms with Gasteiger partial charge in [-0.1, -0.05) is 0 Å². The molecule has 5 nitrogen and oxygen atoms in total. The predicted molar refractivity (Wildman–Crippen MR) is 114 cm³/mol. The van der Waals surface area contributed by atoms with Crippen molar-refractivity contribution in [3.63, 3.8) is 0 Å². The first-order valence-corrected chi connectivity index (χ1v) is 10.4. The van der Waals surface area contributed by atoms with Gasteiger partial charge in [0.25, 0.3) is 0 Å². The summed E-state index contributed by atoms with van der Waals surface area (Å²) >= 11 is 0. The van der Waals surface area contributed by atoms with E-state index in [1.165, 1.54) is 16.0 Å². The molecule has 0 aliphatic carbocycles. The molecule has 2 aromatic carbocycles. The fraction of sp³-hybridized carbons (Fsp3) is 0.375. The monoisotopic (exact) mass is 394 g/mol. The zero-order chi connectivity index (χ0) is 20.4. The van der Waals surface area contributed by atoms with Crippen molar-refractivity contribution in [1.82, 2.24) is 0 Å². The first-order chi connectivity index (χ1) is 14.0. The number of benzene rings is 2. The van der Waals surface area contributed by atoms with Crippen molar-refractivity contribution in [2.24, 2.45) is 0 Å². The van der Waals surface area contributed by atoms with E-state index in [1.54, 1.807) is 18.1 Å². The van der Waals surface area contributed by atoms with Crippen LogP contribution in [-0.2, 0) is 13.1 Å². The third-order valence-electron chi connectivity index (χ3n) is 6.16. The van der Waals surface area contributed by atoms with Crippen LogP contribution in [0.4, 0.5) is 0 Å². The van der Waals surface area contributed by atoms with Gasteiger partial charge in [-0.15, -0.1) is 0 Å². The largest absolute Gasteiger partial charge is 0.497 e. The summed E-state index contributed by atoms with van der Waals surface area (Å²) in [6, 6.07) is 14.2. The number of fused-ring (bicyclic) bond motifs is 1. The van der Waals surface area contributed by atoms with Gasteiger partial charge < -0.3 is 19.0 Å². The zero-order valence-electron chi connectivity index (χ0n) is 17.5. The molecule has 0 spiro atoms. The van der Waals surface area contributed by atoms with Crippen LogP contribution in [-0.4, -0.2) is 33.3 Å². The predicted octanol–water partition coefficient (Wildman–Crippen LogP) is 0.902. The van der Waals surface area contributed by atoms with Crippen molar-refractivity contribution in [3.8, 4) is 5.75 Å². The van der Waals surface area contributed by atoms with E-state index in [4.69, 9.17) is 9.15 Å². The van der Waals surface area contributed by atoms with E-state index < -0.39 is 0 Å². The van der Waals surface area contributed by atoms with Crippen LogP contribution in [0, 0.1) is 13.8 Å². The number of hydrogen-bond acceptors (Lipinski definition) is 3. The normalized spacial score (nSPS) is 19.4. The number of hydrogen-bond donors (Lipinski definition) is 2. The summed E-state index contributed by atoms with van der Waals surface area (Å²) in [5.74, 6) is 0.906. The molecule has 2 heterocycles. The van der Waals surface area contributed by atoms with Gasteiger partial charge in [-0.3, -0.25) is 0 Å². The van der Waals surface area contributed by atoms with Gasteiger partial charge in [0.05, 0.1) is 7.11 Å². The van der Waals surface area contributed by atoms with Crippen molar-refractivity contribution < 1.29 is 19.0 Å². The van der Waals surface area contributed by atoms with Crippen LogP contribution in [0.5, 0.6) is 5.75 Å². The van der Waals surface area contributed by atoms with E-state index in [-0.39, 0.29) is 5.63 Å². The number of ether oxygens (including phenoxy) is 1. The second-order valence-electron chi connectivity index (χ2n) is 8.22. The molecular weight excluding hydrogens is 364 g/mol. The lowest BCUT2D eigenvalue weighted by Crippen LogP contribution is -3.27.